The van der Waals surface area contributed by atoms with Crippen molar-refractivity contribution in [3.05, 3.63) is 35.9 Å². The number of aliphatic carboxylic acids is 1. The molecule has 0 bridgehead atoms. The number of nitrogens with one attached hydrogen (secondary N) is 1. The number of nitrogens with zero attached hydrogens (tertiary/aromatic N) is 1. The van der Waals surface area contributed by atoms with Gasteiger partial charge in [-0.2, -0.15) is 0 Å². The number of fused-ring (bicyclic) bond motifs is 1. The van der Waals surface area contributed by atoms with E-state index in [9.17, 15) is 34.2 Å². The van der Waals surface area contributed by atoms with Crippen molar-refractivity contribution in [3.63, 3.8) is 0 Å². The van der Waals surface area contributed by atoms with E-state index in [1.165, 1.54) is 17.0 Å². The molecule has 3 N–H and O–H groups in total. The van der Waals surface area contributed by atoms with Crippen LogP contribution in [0.4, 0.5) is 0 Å². The molecule has 0 spiro atoms. The fraction of sp³-hybridized carbons (Fsp3) is 0.450. The number of Topliss-reactive ketones (excluding diaryl/α,β-unsaturated/α-hetero) is 1. The summed E-state index contributed by atoms with van der Waals surface area (Å²) >= 11 is 6.50. The Morgan fingerprint density at radius 1 is 1.28 bits per heavy atom. The summed E-state index contributed by atoms with van der Waals surface area (Å²) in [5.74, 6) is -4.14. The Balaban J connectivity index is 1.60. The van der Waals surface area contributed by atoms with Crippen LogP contribution >= 0.6 is 23.4 Å². The molecule has 32 heavy (non-hydrogen) atoms. The third-order valence-corrected chi connectivity index (χ3v) is 7.14. The number of carboxylic acid groups (broad SMARTS) is 1. The van der Waals surface area contributed by atoms with Crippen LogP contribution in [0.2, 0.25) is 0 Å². The minimum absolute atomic E-state index is 0.0124. The number of carboxylic acids is 1. The molecule has 1 aromatic carbocycles. The van der Waals surface area contributed by atoms with E-state index in [1.807, 2.05) is 0 Å². The third-order valence-electron chi connectivity index (χ3n) is 5.25. The van der Waals surface area contributed by atoms with Crippen LogP contribution in [0.15, 0.2) is 30.3 Å². The van der Waals surface area contributed by atoms with Crippen LogP contribution in [0.1, 0.15) is 18.1 Å². The molecule has 10 nitrogen and oxygen atoms in total. The van der Waals surface area contributed by atoms with Crippen LogP contribution in [0, 0.1) is 5.41 Å². The first-order valence-electron chi connectivity index (χ1n) is 9.60. The van der Waals surface area contributed by atoms with Gasteiger partial charge in [-0.15, -0.1) is 23.4 Å². The first-order valence-corrected chi connectivity index (χ1v) is 11.2. The molecule has 1 aromatic rings. The van der Waals surface area contributed by atoms with Gasteiger partial charge in [0.05, 0.1) is 12.3 Å². The number of hydrogen-bond donors (Lipinski definition) is 3. The number of rotatable bonds is 9. The first-order chi connectivity index (χ1) is 15.2. The van der Waals surface area contributed by atoms with Gasteiger partial charge >= 0.3 is 11.9 Å². The van der Waals surface area contributed by atoms with E-state index in [0.29, 0.717) is 5.56 Å². The number of carbonyl (C=O) groups excluding carboxylic acids is 4. The number of halogens is 1. The fourth-order valence-electron chi connectivity index (χ4n) is 3.42. The molecular weight excluding hydrogens is 464 g/mol. The average molecular weight is 485 g/mol. The van der Waals surface area contributed by atoms with Crippen molar-refractivity contribution in [2.45, 2.75) is 23.9 Å². The van der Waals surface area contributed by atoms with Crippen LogP contribution in [-0.2, 0) is 28.7 Å². The molecule has 2 fully saturated rings. The van der Waals surface area contributed by atoms with Crippen LogP contribution in [0.25, 0.3) is 0 Å². The van der Waals surface area contributed by atoms with E-state index in [-0.39, 0.29) is 18.2 Å². The van der Waals surface area contributed by atoms with Crippen LogP contribution in [0.5, 0.6) is 0 Å². The molecule has 3 rings (SSSR count). The monoisotopic (exact) mass is 484 g/mol. The summed E-state index contributed by atoms with van der Waals surface area (Å²) in [7, 11) is 0. The van der Waals surface area contributed by atoms with Crippen molar-refractivity contribution in [1.82, 2.24) is 10.2 Å². The van der Waals surface area contributed by atoms with Gasteiger partial charge in [0.25, 0.3) is 0 Å². The predicted octanol–water partition coefficient (Wildman–Crippen LogP) is -0.0679. The summed E-state index contributed by atoms with van der Waals surface area (Å²) in [5, 5.41) is 21.9. The zero-order valence-corrected chi connectivity index (χ0v) is 18.3. The number of benzene rings is 1. The lowest BCUT2D eigenvalue weighted by molar-refractivity contribution is -0.169. The predicted molar refractivity (Wildman–Crippen MR) is 113 cm³/mol. The van der Waals surface area contributed by atoms with Gasteiger partial charge in [0.1, 0.15) is 23.4 Å². The van der Waals surface area contributed by atoms with Crippen LogP contribution in [0.3, 0.4) is 0 Å². The fourth-order valence-corrected chi connectivity index (χ4v) is 5.03. The van der Waals surface area contributed by atoms with Gasteiger partial charge in [-0.25, -0.2) is 4.79 Å². The molecule has 12 heteroatoms. The maximum atomic E-state index is 12.5. The van der Waals surface area contributed by atoms with Crippen molar-refractivity contribution in [3.8, 4) is 0 Å². The average Bonchev–Trinajstić information content (AvgIpc) is 2.80. The number of esters is 1. The second-order valence-corrected chi connectivity index (χ2v) is 8.94. The molecule has 2 amide bonds. The largest absolute Gasteiger partial charge is 0.481 e. The van der Waals surface area contributed by atoms with Gasteiger partial charge in [0, 0.05) is 12.3 Å². The summed E-state index contributed by atoms with van der Waals surface area (Å²) in [6, 6.07) is 7.19. The highest BCUT2D eigenvalue weighted by Gasteiger charge is 2.58. The van der Waals surface area contributed by atoms with Crippen LogP contribution < -0.4 is 5.32 Å². The molecule has 0 aliphatic carbocycles. The van der Waals surface area contributed by atoms with E-state index < -0.39 is 65.5 Å². The Labute approximate surface area is 192 Å². The number of hydrogen-bond acceptors (Lipinski definition) is 8. The summed E-state index contributed by atoms with van der Waals surface area (Å²) in [6.07, 6.45) is -2.00. The minimum atomic E-state index is -1.56. The molecule has 0 radical (unpaired) electrons. The van der Waals surface area contributed by atoms with Gasteiger partial charge < -0.3 is 25.2 Å². The zero-order chi connectivity index (χ0) is 23.5. The van der Waals surface area contributed by atoms with Crippen molar-refractivity contribution < 1.29 is 38.9 Å². The number of ketones is 1. The number of β-lactam (4-membered cyclic amide) rings is 1. The van der Waals surface area contributed by atoms with Gasteiger partial charge in [-0.05, 0) is 5.56 Å². The second-order valence-electron chi connectivity index (χ2n) is 7.57. The van der Waals surface area contributed by atoms with Crippen molar-refractivity contribution in [1.29, 1.82) is 0 Å². The van der Waals surface area contributed by atoms with Gasteiger partial charge in [0.2, 0.25) is 11.8 Å². The highest BCUT2D eigenvalue weighted by molar-refractivity contribution is 8.00. The number of aliphatic hydroxyl groups excluding tert-OH is 1. The molecule has 172 valence electrons. The number of alkyl halides is 1. The van der Waals surface area contributed by atoms with Gasteiger partial charge in [-0.1, -0.05) is 30.3 Å². The van der Waals surface area contributed by atoms with E-state index in [1.54, 1.807) is 18.2 Å². The number of aliphatic hydroxyl groups is 1. The summed E-state index contributed by atoms with van der Waals surface area (Å²) in [6.45, 7) is -0.754. The van der Waals surface area contributed by atoms with Crippen molar-refractivity contribution in [2.24, 2.45) is 5.41 Å². The molecule has 2 aliphatic rings. The lowest BCUT2D eigenvalue weighted by Crippen LogP contribution is -2.74. The minimum Gasteiger partial charge on any atom is -0.481 e. The molecule has 4 atom stereocenters. The van der Waals surface area contributed by atoms with Crippen molar-refractivity contribution in [2.75, 3.05) is 24.8 Å². The number of ether oxygens (including phenoxy) is 1. The maximum absolute atomic E-state index is 12.5. The topological polar surface area (TPSA) is 150 Å². The Kier molecular flexibility index (Phi) is 7.42. The lowest BCUT2D eigenvalue weighted by atomic mass is 9.88. The molecule has 2 aliphatic heterocycles. The molecule has 0 aromatic heterocycles. The molecule has 0 saturated carbocycles. The zero-order valence-electron chi connectivity index (χ0n) is 16.7. The Bertz CT molecular complexity index is 929. The molecule has 3 unspecified atom stereocenters. The molecule has 2 heterocycles. The summed E-state index contributed by atoms with van der Waals surface area (Å²) < 4.78 is 5.11. The normalized spacial score (nSPS) is 25.2. The standard InChI is InChI=1S/C20H21ClN2O8S/c21-7-12(24)6-13(25)22-14-16(27)23-8-20(19(29)30,10-32-17(14)23)9-31-18(28)15(26)11-4-2-1-3-5-11/h1-5,14-15,17,26H,6-10H2,(H,22,25)(H,29,30)/t14?,15?,17-,20?/m1/s1. The lowest BCUT2D eigenvalue weighted by Gasteiger charge is -2.53. The van der Waals surface area contributed by atoms with E-state index >= 15 is 0 Å². The SMILES string of the molecule is O=C(CCl)CC(=O)NC1C(=O)N2CC(COC(=O)C(O)c3ccccc3)(C(=O)O)CS[C@H]12. The number of amides is 2. The molecule has 2 saturated heterocycles. The van der Waals surface area contributed by atoms with E-state index in [0.717, 1.165) is 11.8 Å². The van der Waals surface area contributed by atoms with Gasteiger partial charge in [0.15, 0.2) is 11.9 Å². The maximum Gasteiger partial charge on any atom is 0.339 e. The third kappa shape index (κ3) is 4.89. The van der Waals surface area contributed by atoms with Crippen molar-refractivity contribution >= 4 is 52.9 Å². The summed E-state index contributed by atoms with van der Waals surface area (Å²) in [4.78, 5) is 61.2. The highest BCUT2D eigenvalue weighted by Crippen LogP contribution is 2.42. The number of carbonyl (C=O) groups is 5. The molecular formula is C20H21ClN2O8S. The van der Waals surface area contributed by atoms with Crippen LogP contribution in [-0.4, -0.2) is 80.8 Å². The van der Waals surface area contributed by atoms with Gasteiger partial charge in [-0.3, -0.25) is 19.2 Å². The quantitative estimate of drug-likeness (QED) is 0.189. The Hall–Kier alpha value is -2.63. The Morgan fingerprint density at radius 2 is 1.97 bits per heavy atom. The highest BCUT2D eigenvalue weighted by atomic mass is 35.5. The Morgan fingerprint density at radius 3 is 2.59 bits per heavy atom. The summed E-state index contributed by atoms with van der Waals surface area (Å²) in [5.41, 5.74) is -1.25. The smallest absolute Gasteiger partial charge is 0.339 e. The van der Waals surface area contributed by atoms with E-state index in [2.05, 4.69) is 5.32 Å². The first kappa shape index (κ1) is 24.0. The van der Waals surface area contributed by atoms with E-state index in [4.69, 9.17) is 16.3 Å². The second kappa shape index (κ2) is 9.88. The number of thioether (sulfide) groups is 1.